The van der Waals surface area contributed by atoms with Crippen LogP contribution in [0.5, 0.6) is 0 Å². The van der Waals surface area contributed by atoms with Crippen LogP contribution >= 0.6 is 11.3 Å². The van der Waals surface area contributed by atoms with Crippen LogP contribution in [0.2, 0.25) is 0 Å². The Morgan fingerprint density at radius 2 is 2.04 bits per heavy atom. The van der Waals surface area contributed by atoms with Crippen molar-refractivity contribution < 1.29 is 14.7 Å². The van der Waals surface area contributed by atoms with Gasteiger partial charge in [-0.3, -0.25) is 9.78 Å². The maximum atomic E-state index is 12.4. The summed E-state index contributed by atoms with van der Waals surface area (Å²) in [5.74, 6) is -1.40. The number of aromatic nitrogens is 2. The van der Waals surface area contributed by atoms with Crippen LogP contribution in [0.15, 0.2) is 24.5 Å². The standard InChI is InChI=1S/C16H19N3O3S/c1-3-4-5-12(16(21)22)19-14(20)13-10(2)18-15(23-13)11-6-8-17-9-7-11/h6-9,12H,3-5H2,1-2H3,(H,19,20)(H,21,22). The Morgan fingerprint density at radius 1 is 1.35 bits per heavy atom. The molecule has 1 amide bonds. The fourth-order valence-corrected chi connectivity index (χ4v) is 3.09. The fourth-order valence-electron chi connectivity index (χ4n) is 2.11. The highest BCUT2D eigenvalue weighted by molar-refractivity contribution is 7.17. The largest absolute Gasteiger partial charge is 0.480 e. The number of aliphatic carboxylic acids is 1. The molecule has 0 radical (unpaired) electrons. The quantitative estimate of drug-likeness (QED) is 0.813. The van der Waals surface area contributed by atoms with Crippen LogP contribution in [0.4, 0.5) is 0 Å². The van der Waals surface area contributed by atoms with Gasteiger partial charge >= 0.3 is 5.97 Å². The third-order valence-electron chi connectivity index (χ3n) is 3.38. The first-order valence-corrected chi connectivity index (χ1v) is 8.26. The molecule has 0 fully saturated rings. The Labute approximate surface area is 138 Å². The number of hydrogen-bond donors (Lipinski definition) is 2. The number of carboxylic acids is 1. The summed E-state index contributed by atoms with van der Waals surface area (Å²) in [6.07, 6.45) is 5.38. The highest BCUT2D eigenvalue weighted by atomic mass is 32.1. The van der Waals surface area contributed by atoms with Gasteiger partial charge in [0.2, 0.25) is 0 Å². The molecule has 0 aliphatic rings. The molecule has 0 bridgehead atoms. The number of carbonyl (C=O) groups excluding carboxylic acids is 1. The summed E-state index contributed by atoms with van der Waals surface area (Å²) < 4.78 is 0. The molecule has 2 aromatic rings. The molecule has 0 saturated carbocycles. The molecule has 6 nitrogen and oxygen atoms in total. The topological polar surface area (TPSA) is 92.2 Å². The van der Waals surface area contributed by atoms with Gasteiger partial charge in [0.05, 0.1) is 5.69 Å². The number of nitrogens with zero attached hydrogens (tertiary/aromatic N) is 2. The molecule has 1 unspecified atom stereocenters. The van der Waals surface area contributed by atoms with E-state index in [1.54, 1.807) is 19.3 Å². The van der Waals surface area contributed by atoms with Gasteiger partial charge in [-0.25, -0.2) is 9.78 Å². The van der Waals surface area contributed by atoms with Crippen LogP contribution in [0.3, 0.4) is 0 Å². The fraction of sp³-hybridized carbons (Fsp3) is 0.375. The zero-order valence-corrected chi connectivity index (χ0v) is 13.9. The number of aryl methyl sites for hydroxylation is 1. The van der Waals surface area contributed by atoms with E-state index >= 15 is 0 Å². The van der Waals surface area contributed by atoms with Crippen LogP contribution in [0.1, 0.15) is 41.6 Å². The van der Waals surface area contributed by atoms with Crippen molar-refractivity contribution in [3.8, 4) is 10.6 Å². The number of amides is 1. The van der Waals surface area contributed by atoms with E-state index in [-0.39, 0.29) is 5.91 Å². The second-order valence-corrected chi connectivity index (χ2v) is 6.18. The molecule has 2 N–H and O–H groups in total. The van der Waals surface area contributed by atoms with E-state index < -0.39 is 12.0 Å². The van der Waals surface area contributed by atoms with Gasteiger partial charge in [0.1, 0.15) is 15.9 Å². The summed E-state index contributed by atoms with van der Waals surface area (Å²) in [6, 6.07) is 2.77. The number of thiazole rings is 1. The van der Waals surface area contributed by atoms with Crippen LogP contribution in [-0.4, -0.2) is 33.0 Å². The molecule has 2 rings (SSSR count). The molecule has 122 valence electrons. The maximum absolute atomic E-state index is 12.4. The molecule has 0 aliphatic carbocycles. The molecule has 0 saturated heterocycles. The molecule has 2 aromatic heterocycles. The first-order chi connectivity index (χ1) is 11.0. The predicted molar refractivity (Wildman–Crippen MR) is 88.5 cm³/mol. The lowest BCUT2D eigenvalue weighted by Gasteiger charge is -2.13. The Hall–Kier alpha value is -2.28. The predicted octanol–water partition coefficient (Wildman–Crippen LogP) is 2.89. The monoisotopic (exact) mass is 333 g/mol. The van der Waals surface area contributed by atoms with Gasteiger partial charge in [-0.05, 0) is 25.5 Å². The summed E-state index contributed by atoms with van der Waals surface area (Å²) in [7, 11) is 0. The van der Waals surface area contributed by atoms with Crippen molar-refractivity contribution in [2.75, 3.05) is 0 Å². The number of nitrogens with one attached hydrogen (secondary N) is 1. The first kappa shape index (κ1) is 17.1. The van der Waals surface area contributed by atoms with Crippen LogP contribution in [-0.2, 0) is 4.79 Å². The number of carboxylic acid groups (broad SMARTS) is 1. The third-order valence-corrected chi connectivity index (χ3v) is 4.59. The van der Waals surface area contributed by atoms with E-state index in [4.69, 9.17) is 0 Å². The number of pyridine rings is 1. The Balaban J connectivity index is 2.16. The van der Waals surface area contributed by atoms with Gasteiger partial charge in [-0.15, -0.1) is 11.3 Å². The number of carbonyl (C=O) groups is 2. The molecular formula is C16H19N3O3S. The van der Waals surface area contributed by atoms with Crippen molar-refractivity contribution in [2.45, 2.75) is 39.2 Å². The smallest absolute Gasteiger partial charge is 0.326 e. The SMILES string of the molecule is CCCCC(NC(=O)c1sc(-c2ccncc2)nc1C)C(=O)O. The second-order valence-electron chi connectivity index (χ2n) is 5.18. The lowest BCUT2D eigenvalue weighted by atomic mass is 10.1. The average Bonchev–Trinajstić information content (AvgIpc) is 2.94. The van der Waals surface area contributed by atoms with Gasteiger partial charge in [0.15, 0.2) is 0 Å². The lowest BCUT2D eigenvalue weighted by Crippen LogP contribution is -2.40. The highest BCUT2D eigenvalue weighted by Gasteiger charge is 2.23. The molecular weight excluding hydrogens is 314 g/mol. The van der Waals surface area contributed by atoms with Gasteiger partial charge in [-0.2, -0.15) is 0 Å². The van der Waals surface area contributed by atoms with Gasteiger partial charge < -0.3 is 10.4 Å². The summed E-state index contributed by atoms with van der Waals surface area (Å²) in [6.45, 7) is 3.73. The molecule has 0 spiro atoms. The Bertz CT molecular complexity index is 685. The van der Waals surface area contributed by atoms with Crippen LogP contribution in [0, 0.1) is 6.92 Å². The molecule has 2 heterocycles. The van der Waals surface area contributed by atoms with Crippen LogP contribution < -0.4 is 5.32 Å². The van der Waals surface area contributed by atoms with Crippen molar-refractivity contribution in [3.05, 3.63) is 35.1 Å². The van der Waals surface area contributed by atoms with E-state index in [2.05, 4.69) is 15.3 Å². The molecule has 23 heavy (non-hydrogen) atoms. The van der Waals surface area contributed by atoms with E-state index in [0.717, 1.165) is 23.4 Å². The Kier molecular flexibility index (Phi) is 5.81. The van der Waals surface area contributed by atoms with E-state index in [1.165, 1.54) is 11.3 Å². The zero-order chi connectivity index (χ0) is 16.8. The number of rotatable bonds is 7. The average molecular weight is 333 g/mol. The van der Waals surface area contributed by atoms with Gasteiger partial charge in [0, 0.05) is 18.0 Å². The molecule has 0 aromatic carbocycles. The third kappa shape index (κ3) is 4.35. The van der Waals surface area contributed by atoms with Crippen molar-refractivity contribution in [1.29, 1.82) is 0 Å². The minimum Gasteiger partial charge on any atom is -0.480 e. The lowest BCUT2D eigenvalue weighted by molar-refractivity contribution is -0.139. The molecule has 0 aliphatic heterocycles. The van der Waals surface area contributed by atoms with E-state index in [1.807, 2.05) is 19.1 Å². The Morgan fingerprint density at radius 3 is 2.65 bits per heavy atom. The van der Waals surface area contributed by atoms with Gasteiger partial charge in [-0.1, -0.05) is 19.8 Å². The second kappa shape index (κ2) is 7.82. The molecule has 7 heteroatoms. The summed E-state index contributed by atoms with van der Waals surface area (Å²) in [5, 5.41) is 12.5. The van der Waals surface area contributed by atoms with E-state index in [9.17, 15) is 14.7 Å². The zero-order valence-electron chi connectivity index (χ0n) is 13.1. The highest BCUT2D eigenvalue weighted by Crippen LogP contribution is 2.27. The van der Waals surface area contributed by atoms with Crippen molar-refractivity contribution in [1.82, 2.24) is 15.3 Å². The maximum Gasteiger partial charge on any atom is 0.326 e. The minimum absolute atomic E-state index is 0.385. The van der Waals surface area contributed by atoms with Crippen molar-refractivity contribution >= 4 is 23.2 Å². The van der Waals surface area contributed by atoms with Crippen molar-refractivity contribution in [3.63, 3.8) is 0 Å². The van der Waals surface area contributed by atoms with Crippen LogP contribution in [0.25, 0.3) is 10.6 Å². The number of hydrogen-bond acceptors (Lipinski definition) is 5. The van der Waals surface area contributed by atoms with Gasteiger partial charge in [0.25, 0.3) is 5.91 Å². The number of unbranched alkanes of at least 4 members (excludes halogenated alkanes) is 1. The first-order valence-electron chi connectivity index (χ1n) is 7.44. The summed E-state index contributed by atoms with van der Waals surface area (Å²) in [5.41, 5.74) is 1.48. The summed E-state index contributed by atoms with van der Waals surface area (Å²) in [4.78, 5) is 32.4. The minimum atomic E-state index is -1.01. The van der Waals surface area contributed by atoms with E-state index in [0.29, 0.717) is 17.0 Å². The normalized spacial score (nSPS) is 11.9. The van der Waals surface area contributed by atoms with Crippen molar-refractivity contribution in [2.24, 2.45) is 0 Å². The molecule has 1 atom stereocenters. The summed E-state index contributed by atoms with van der Waals surface area (Å²) >= 11 is 1.25.